The molecule has 0 amide bonds. The van der Waals surface area contributed by atoms with Crippen molar-refractivity contribution in [3.05, 3.63) is 12.2 Å². The molecule has 1 spiro atoms. The van der Waals surface area contributed by atoms with Gasteiger partial charge in [0.05, 0.1) is 19.3 Å². The van der Waals surface area contributed by atoms with E-state index in [1.165, 1.54) is 32.1 Å². The summed E-state index contributed by atoms with van der Waals surface area (Å²) in [4.78, 5) is 0. The zero-order valence-corrected chi connectivity index (χ0v) is 13.3. The molecule has 20 heavy (non-hydrogen) atoms. The van der Waals surface area contributed by atoms with Crippen LogP contribution in [0.5, 0.6) is 0 Å². The highest BCUT2D eigenvalue weighted by Crippen LogP contribution is 2.44. The van der Waals surface area contributed by atoms with Crippen LogP contribution in [-0.2, 0) is 14.2 Å². The zero-order chi connectivity index (χ0) is 14.4. The highest BCUT2D eigenvalue weighted by molar-refractivity contribution is 5.15. The van der Waals surface area contributed by atoms with E-state index in [9.17, 15) is 0 Å². The highest BCUT2D eigenvalue weighted by atomic mass is 16.7. The Morgan fingerprint density at radius 3 is 2.65 bits per heavy atom. The van der Waals surface area contributed by atoms with Gasteiger partial charge in [-0.2, -0.15) is 0 Å². The number of allylic oxidation sites excluding steroid dienone is 1. The molecule has 2 aliphatic heterocycles. The summed E-state index contributed by atoms with van der Waals surface area (Å²) in [6, 6.07) is 0. The molecule has 2 rings (SSSR count). The molecular weight excluding hydrogens is 252 g/mol. The largest absolute Gasteiger partial charge is 0.378 e. The lowest BCUT2D eigenvalue weighted by Gasteiger charge is -2.38. The molecule has 2 aliphatic rings. The van der Waals surface area contributed by atoms with Crippen molar-refractivity contribution < 1.29 is 14.2 Å². The Morgan fingerprint density at radius 1 is 1.25 bits per heavy atom. The Bertz CT molecular complexity index is 309. The number of methoxy groups -OCH3 is 1. The van der Waals surface area contributed by atoms with Gasteiger partial charge in [-0.25, -0.2) is 0 Å². The number of epoxide rings is 1. The smallest absolute Gasteiger partial charge is 0.147 e. The van der Waals surface area contributed by atoms with E-state index in [0.717, 1.165) is 19.6 Å². The molecule has 0 radical (unpaired) electrons. The first kappa shape index (κ1) is 16.0. The van der Waals surface area contributed by atoms with E-state index >= 15 is 0 Å². The number of hydrogen-bond donors (Lipinski definition) is 0. The van der Waals surface area contributed by atoms with Crippen LogP contribution in [0.2, 0.25) is 0 Å². The second-order valence-corrected chi connectivity index (χ2v) is 6.26. The first-order valence-electron chi connectivity index (χ1n) is 8.19. The lowest BCUT2D eigenvalue weighted by Crippen LogP contribution is -2.52. The Hall–Kier alpha value is -0.380. The molecule has 2 fully saturated rings. The molecule has 0 saturated carbocycles. The average molecular weight is 282 g/mol. The number of unbranched alkanes of at least 4 members (excludes halogenated alkanes) is 5. The van der Waals surface area contributed by atoms with E-state index in [1.54, 1.807) is 7.11 Å². The molecule has 0 bridgehead atoms. The van der Waals surface area contributed by atoms with E-state index < -0.39 is 0 Å². The highest BCUT2D eigenvalue weighted by Gasteiger charge is 2.61. The SMILES string of the molecule is CCCCCCCC=C[C@@H]1OC[C@H](C)[C@H](OC)[C@@]12CO2. The first-order valence-corrected chi connectivity index (χ1v) is 8.19. The number of rotatable bonds is 8. The van der Waals surface area contributed by atoms with Crippen molar-refractivity contribution in [2.75, 3.05) is 20.3 Å². The molecule has 116 valence electrons. The summed E-state index contributed by atoms with van der Waals surface area (Å²) in [6.45, 7) is 5.95. The van der Waals surface area contributed by atoms with Gasteiger partial charge < -0.3 is 14.2 Å². The Balaban J connectivity index is 1.75. The van der Waals surface area contributed by atoms with Gasteiger partial charge in [0, 0.05) is 13.0 Å². The molecular formula is C17H30O3. The predicted octanol–water partition coefficient (Wildman–Crippen LogP) is 3.72. The molecule has 0 aromatic rings. The van der Waals surface area contributed by atoms with E-state index in [2.05, 4.69) is 26.0 Å². The quantitative estimate of drug-likeness (QED) is 0.386. The Morgan fingerprint density at radius 2 is 2.00 bits per heavy atom. The van der Waals surface area contributed by atoms with Crippen molar-refractivity contribution in [2.24, 2.45) is 5.92 Å². The van der Waals surface area contributed by atoms with E-state index in [0.29, 0.717) is 5.92 Å². The van der Waals surface area contributed by atoms with E-state index in [1.807, 2.05) is 0 Å². The summed E-state index contributed by atoms with van der Waals surface area (Å²) in [5.41, 5.74) is -0.203. The van der Waals surface area contributed by atoms with Gasteiger partial charge in [0.2, 0.25) is 0 Å². The van der Waals surface area contributed by atoms with Crippen molar-refractivity contribution in [2.45, 2.75) is 70.2 Å². The summed E-state index contributed by atoms with van der Waals surface area (Å²) in [6.07, 6.45) is 12.5. The van der Waals surface area contributed by atoms with Crippen LogP contribution in [-0.4, -0.2) is 38.1 Å². The molecule has 0 unspecified atom stereocenters. The molecule has 0 aromatic heterocycles. The molecule has 0 N–H and O–H groups in total. The van der Waals surface area contributed by atoms with Crippen LogP contribution in [0, 0.1) is 5.92 Å². The minimum atomic E-state index is -0.203. The number of hydrogen-bond acceptors (Lipinski definition) is 3. The maximum Gasteiger partial charge on any atom is 0.147 e. The summed E-state index contributed by atoms with van der Waals surface area (Å²) in [5, 5.41) is 0. The van der Waals surface area contributed by atoms with Crippen molar-refractivity contribution in [1.82, 2.24) is 0 Å². The fourth-order valence-corrected chi connectivity index (χ4v) is 3.28. The van der Waals surface area contributed by atoms with Gasteiger partial charge in [-0.15, -0.1) is 0 Å². The summed E-state index contributed by atoms with van der Waals surface area (Å²) in [7, 11) is 1.78. The van der Waals surface area contributed by atoms with Crippen LogP contribution >= 0.6 is 0 Å². The van der Waals surface area contributed by atoms with Crippen LogP contribution in [0.15, 0.2) is 12.2 Å². The fraction of sp³-hybridized carbons (Fsp3) is 0.882. The van der Waals surface area contributed by atoms with Crippen LogP contribution < -0.4 is 0 Å². The standard InChI is InChI=1S/C17H30O3/c1-4-5-6-7-8-9-10-11-15-17(13-20-17)16(18-3)14(2)12-19-15/h10-11,14-16H,4-9,12-13H2,1-3H3/t14-,15-,16-,17+/m0/s1. The van der Waals surface area contributed by atoms with Crippen LogP contribution in [0.25, 0.3) is 0 Å². The third-order valence-electron chi connectivity index (χ3n) is 4.54. The zero-order valence-electron chi connectivity index (χ0n) is 13.3. The van der Waals surface area contributed by atoms with Gasteiger partial charge in [-0.1, -0.05) is 51.7 Å². The van der Waals surface area contributed by atoms with Crippen LogP contribution in [0.1, 0.15) is 52.4 Å². The molecule has 2 heterocycles. The topological polar surface area (TPSA) is 31.0 Å². The van der Waals surface area contributed by atoms with Gasteiger partial charge in [-0.3, -0.25) is 0 Å². The van der Waals surface area contributed by atoms with Gasteiger partial charge in [-0.05, 0) is 12.8 Å². The lowest BCUT2D eigenvalue weighted by atomic mass is 9.85. The first-order chi connectivity index (χ1) is 9.74. The minimum absolute atomic E-state index is 0.0688. The van der Waals surface area contributed by atoms with Gasteiger partial charge in [0.25, 0.3) is 0 Å². The lowest BCUT2D eigenvalue weighted by molar-refractivity contribution is -0.131. The Kier molecular flexibility index (Phi) is 6.06. The molecule has 3 nitrogen and oxygen atoms in total. The summed E-state index contributed by atoms with van der Waals surface area (Å²) < 4.78 is 17.3. The van der Waals surface area contributed by atoms with Gasteiger partial charge in [0.1, 0.15) is 11.7 Å². The molecule has 3 heteroatoms. The molecule has 0 aromatic carbocycles. The molecule has 4 atom stereocenters. The number of ether oxygens (including phenoxy) is 3. The third-order valence-corrected chi connectivity index (χ3v) is 4.54. The summed E-state index contributed by atoms with van der Waals surface area (Å²) >= 11 is 0. The maximum absolute atomic E-state index is 5.95. The average Bonchev–Trinajstić information content (AvgIpc) is 3.22. The second kappa shape index (κ2) is 7.58. The van der Waals surface area contributed by atoms with Crippen molar-refractivity contribution in [3.8, 4) is 0 Å². The van der Waals surface area contributed by atoms with Gasteiger partial charge >= 0.3 is 0 Å². The van der Waals surface area contributed by atoms with Crippen LogP contribution in [0.3, 0.4) is 0 Å². The monoisotopic (exact) mass is 282 g/mol. The van der Waals surface area contributed by atoms with E-state index in [4.69, 9.17) is 14.2 Å². The second-order valence-electron chi connectivity index (χ2n) is 6.26. The third kappa shape index (κ3) is 3.63. The Labute approximate surface area is 123 Å². The van der Waals surface area contributed by atoms with Crippen LogP contribution in [0.4, 0.5) is 0 Å². The van der Waals surface area contributed by atoms with Gasteiger partial charge in [0.15, 0.2) is 0 Å². The fourth-order valence-electron chi connectivity index (χ4n) is 3.28. The molecule has 2 saturated heterocycles. The predicted molar refractivity (Wildman–Crippen MR) is 80.9 cm³/mol. The van der Waals surface area contributed by atoms with Crippen molar-refractivity contribution >= 4 is 0 Å². The molecule has 0 aliphatic carbocycles. The van der Waals surface area contributed by atoms with Crippen molar-refractivity contribution in [3.63, 3.8) is 0 Å². The normalized spacial score (nSPS) is 36.9. The maximum atomic E-state index is 5.95. The summed E-state index contributed by atoms with van der Waals surface area (Å²) in [5.74, 6) is 0.404. The van der Waals surface area contributed by atoms with E-state index in [-0.39, 0.29) is 17.8 Å². The minimum Gasteiger partial charge on any atom is -0.378 e. The van der Waals surface area contributed by atoms with Crippen molar-refractivity contribution in [1.29, 1.82) is 0 Å².